The summed E-state index contributed by atoms with van der Waals surface area (Å²) in [5.41, 5.74) is 1.36. The van der Waals surface area contributed by atoms with Crippen molar-refractivity contribution in [3.05, 3.63) is 29.8 Å². The average molecular weight is 280 g/mol. The second-order valence-electron chi connectivity index (χ2n) is 4.27. The van der Waals surface area contributed by atoms with E-state index in [0.717, 1.165) is 18.8 Å². The van der Waals surface area contributed by atoms with Crippen LogP contribution in [0.15, 0.2) is 24.3 Å². The van der Waals surface area contributed by atoms with Crippen molar-refractivity contribution in [3.8, 4) is 0 Å². The van der Waals surface area contributed by atoms with Crippen LogP contribution in [0.3, 0.4) is 0 Å². The highest BCUT2D eigenvalue weighted by molar-refractivity contribution is 5.96. The second kappa shape index (κ2) is 7.49. The molecule has 20 heavy (non-hydrogen) atoms. The Morgan fingerprint density at radius 1 is 1.20 bits per heavy atom. The van der Waals surface area contributed by atoms with Crippen LogP contribution in [0.1, 0.15) is 24.2 Å². The maximum absolute atomic E-state index is 11.8. The Morgan fingerprint density at radius 3 is 2.15 bits per heavy atom. The summed E-state index contributed by atoms with van der Waals surface area (Å²) in [4.78, 5) is 24.7. The molecule has 6 heteroatoms. The Kier molecular flexibility index (Phi) is 5.99. The molecule has 1 unspecified atom stereocenters. The first-order valence-corrected chi connectivity index (χ1v) is 6.53. The number of nitrogens with one attached hydrogen (secondary N) is 1. The minimum Gasteiger partial charge on any atom is -0.480 e. The zero-order valence-electron chi connectivity index (χ0n) is 11.7. The second-order valence-corrected chi connectivity index (χ2v) is 4.27. The number of hydrogen-bond donors (Lipinski definition) is 3. The first-order valence-electron chi connectivity index (χ1n) is 6.53. The molecule has 0 radical (unpaired) electrons. The number of carbonyl (C=O) groups is 2. The number of rotatable bonds is 7. The number of carboxylic acid groups (broad SMARTS) is 1. The van der Waals surface area contributed by atoms with Gasteiger partial charge in [0.15, 0.2) is 6.04 Å². The van der Waals surface area contributed by atoms with Crippen LogP contribution in [0, 0.1) is 0 Å². The standard InChI is InChI=1S/C14H20N2O4/c1-3-16(4-2)11-7-5-10(6-8-11)13(18)15-12(9-17)14(19)20/h5-8,12,17H,3-4,9H2,1-2H3,(H,15,18)(H,19,20). The lowest BCUT2D eigenvalue weighted by atomic mass is 10.1. The van der Waals surface area contributed by atoms with E-state index in [1.54, 1.807) is 12.1 Å². The minimum atomic E-state index is -1.29. The van der Waals surface area contributed by atoms with Crippen LogP contribution in [0.5, 0.6) is 0 Å². The monoisotopic (exact) mass is 280 g/mol. The van der Waals surface area contributed by atoms with E-state index < -0.39 is 24.5 Å². The summed E-state index contributed by atoms with van der Waals surface area (Å²) in [6.07, 6.45) is 0. The average Bonchev–Trinajstić information content (AvgIpc) is 2.46. The molecule has 0 bridgehead atoms. The first-order chi connectivity index (χ1) is 9.53. The Morgan fingerprint density at radius 2 is 1.75 bits per heavy atom. The van der Waals surface area contributed by atoms with Gasteiger partial charge in [-0.3, -0.25) is 4.79 Å². The number of aliphatic carboxylic acids is 1. The van der Waals surface area contributed by atoms with Crippen molar-refractivity contribution in [1.82, 2.24) is 5.32 Å². The van der Waals surface area contributed by atoms with Crippen LogP contribution in [0.2, 0.25) is 0 Å². The molecule has 1 rings (SSSR count). The van der Waals surface area contributed by atoms with Gasteiger partial charge in [-0.25, -0.2) is 4.79 Å². The van der Waals surface area contributed by atoms with E-state index in [1.807, 2.05) is 26.0 Å². The summed E-state index contributed by atoms with van der Waals surface area (Å²) in [6, 6.07) is 5.62. The third-order valence-electron chi connectivity index (χ3n) is 3.04. The summed E-state index contributed by atoms with van der Waals surface area (Å²) in [6.45, 7) is 5.19. The molecule has 0 spiro atoms. The SMILES string of the molecule is CCN(CC)c1ccc(C(=O)NC(CO)C(=O)O)cc1. The van der Waals surface area contributed by atoms with Crippen molar-refractivity contribution in [1.29, 1.82) is 0 Å². The molecule has 0 saturated heterocycles. The normalized spacial score (nSPS) is 11.8. The molecule has 0 heterocycles. The van der Waals surface area contributed by atoms with Crippen molar-refractivity contribution in [2.45, 2.75) is 19.9 Å². The highest BCUT2D eigenvalue weighted by Gasteiger charge is 2.19. The maximum Gasteiger partial charge on any atom is 0.328 e. The molecular weight excluding hydrogens is 260 g/mol. The molecule has 1 aromatic carbocycles. The number of hydrogen-bond acceptors (Lipinski definition) is 4. The molecule has 0 aromatic heterocycles. The van der Waals surface area contributed by atoms with Crippen LogP contribution in [0.25, 0.3) is 0 Å². The van der Waals surface area contributed by atoms with Gasteiger partial charge in [0.2, 0.25) is 0 Å². The third kappa shape index (κ3) is 3.96. The minimum absolute atomic E-state index is 0.362. The van der Waals surface area contributed by atoms with Gasteiger partial charge in [-0.05, 0) is 38.1 Å². The molecule has 110 valence electrons. The van der Waals surface area contributed by atoms with E-state index >= 15 is 0 Å². The predicted molar refractivity (Wildman–Crippen MR) is 76.0 cm³/mol. The number of carbonyl (C=O) groups excluding carboxylic acids is 1. The quantitative estimate of drug-likeness (QED) is 0.684. The molecule has 0 aliphatic rings. The smallest absolute Gasteiger partial charge is 0.328 e. The largest absolute Gasteiger partial charge is 0.480 e. The van der Waals surface area contributed by atoms with Crippen molar-refractivity contribution in [2.24, 2.45) is 0 Å². The summed E-state index contributed by atoms with van der Waals surface area (Å²) < 4.78 is 0. The number of aliphatic hydroxyl groups is 1. The topological polar surface area (TPSA) is 89.9 Å². The number of amides is 1. The van der Waals surface area contributed by atoms with Crippen LogP contribution in [-0.4, -0.2) is 47.8 Å². The number of nitrogens with zero attached hydrogens (tertiary/aromatic N) is 1. The Balaban J connectivity index is 2.77. The molecule has 1 aromatic rings. The first kappa shape index (κ1) is 16.0. The molecular formula is C14H20N2O4. The highest BCUT2D eigenvalue weighted by Crippen LogP contribution is 2.14. The summed E-state index contributed by atoms with van der Waals surface area (Å²) in [5, 5.41) is 19.9. The predicted octanol–water partition coefficient (Wildman–Crippen LogP) is 0.708. The van der Waals surface area contributed by atoms with Gasteiger partial charge >= 0.3 is 5.97 Å². The molecule has 6 nitrogen and oxygen atoms in total. The Bertz CT molecular complexity index is 455. The van der Waals surface area contributed by atoms with Gasteiger partial charge in [-0.2, -0.15) is 0 Å². The molecule has 0 fully saturated rings. The van der Waals surface area contributed by atoms with Crippen molar-refractivity contribution >= 4 is 17.6 Å². The lowest BCUT2D eigenvalue weighted by molar-refractivity contribution is -0.140. The molecule has 0 aliphatic carbocycles. The Labute approximate surface area is 118 Å². The van der Waals surface area contributed by atoms with Gasteiger partial charge in [-0.15, -0.1) is 0 Å². The van der Waals surface area contributed by atoms with Crippen molar-refractivity contribution in [2.75, 3.05) is 24.6 Å². The van der Waals surface area contributed by atoms with Crippen molar-refractivity contribution < 1.29 is 19.8 Å². The molecule has 1 amide bonds. The van der Waals surface area contributed by atoms with E-state index in [9.17, 15) is 9.59 Å². The van der Waals surface area contributed by atoms with Gasteiger partial charge in [0.05, 0.1) is 6.61 Å². The van der Waals surface area contributed by atoms with Crippen LogP contribution < -0.4 is 10.2 Å². The maximum atomic E-state index is 11.8. The van der Waals surface area contributed by atoms with Crippen LogP contribution >= 0.6 is 0 Å². The highest BCUT2D eigenvalue weighted by atomic mass is 16.4. The summed E-state index contributed by atoms with van der Waals surface area (Å²) in [7, 11) is 0. The van der Waals surface area contributed by atoms with Crippen molar-refractivity contribution in [3.63, 3.8) is 0 Å². The van der Waals surface area contributed by atoms with Gasteiger partial charge in [0.25, 0.3) is 5.91 Å². The fraction of sp³-hybridized carbons (Fsp3) is 0.429. The van der Waals surface area contributed by atoms with Gasteiger partial charge in [0, 0.05) is 24.3 Å². The Hall–Kier alpha value is -2.08. The molecule has 1 atom stereocenters. The summed E-state index contributed by atoms with van der Waals surface area (Å²) in [5.74, 6) is -1.78. The fourth-order valence-corrected chi connectivity index (χ4v) is 1.84. The van der Waals surface area contributed by atoms with E-state index in [0.29, 0.717) is 5.56 Å². The van der Waals surface area contributed by atoms with Gasteiger partial charge < -0.3 is 20.4 Å². The van der Waals surface area contributed by atoms with E-state index in [1.165, 1.54) is 0 Å². The van der Waals surface area contributed by atoms with Gasteiger partial charge in [-0.1, -0.05) is 0 Å². The number of aliphatic hydroxyl groups excluding tert-OH is 1. The van der Waals surface area contributed by atoms with Crippen LogP contribution in [0.4, 0.5) is 5.69 Å². The van der Waals surface area contributed by atoms with Crippen LogP contribution in [-0.2, 0) is 4.79 Å². The number of carboxylic acids is 1. The van der Waals surface area contributed by atoms with E-state index in [-0.39, 0.29) is 0 Å². The van der Waals surface area contributed by atoms with E-state index in [4.69, 9.17) is 10.2 Å². The molecule has 0 saturated carbocycles. The number of benzene rings is 1. The lowest BCUT2D eigenvalue weighted by Gasteiger charge is -2.21. The third-order valence-corrected chi connectivity index (χ3v) is 3.04. The summed E-state index contributed by atoms with van der Waals surface area (Å²) >= 11 is 0. The van der Waals surface area contributed by atoms with Gasteiger partial charge in [0.1, 0.15) is 0 Å². The van der Waals surface area contributed by atoms with E-state index in [2.05, 4.69) is 10.2 Å². The molecule has 0 aliphatic heterocycles. The lowest BCUT2D eigenvalue weighted by Crippen LogP contribution is -2.43. The molecule has 3 N–H and O–H groups in total. The fourth-order valence-electron chi connectivity index (χ4n) is 1.84. The zero-order valence-corrected chi connectivity index (χ0v) is 11.7. The zero-order chi connectivity index (χ0) is 15.1. The number of anilines is 1.